The summed E-state index contributed by atoms with van der Waals surface area (Å²) in [7, 11) is -0.451. The van der Waals surface area contributed by atoms with E-state index in [1.165, 1.54) is 26.6 Å². The van der Waals surface area contributed by atoms with Gasteiger partial charge in [0.25, 0.3) is 0 Å². The lowest BCUT2D eigenvalue weighted by Gasteiger charge is -2.10. The Morgan fingerprint density at radius 2 is 2.20 bits per heavy atom. The molecule has 0 aliphatic rings. The summed E-state index contributed by atoms with van der Waals surface area (Å²) in [6.45, 7) is 3.38. The van der Waals surface area contributed by atoms with Crippen molar-refractivity contribution >= 4 is 10.2 Å². The minimum atomic E-state index is -3.42. The first-order valence-corrected chi connectivity index (χ1v) is 6.04. The fourth-order valence-corrected chi connectivity index (χ4v) is 1.80. The Morgan fingerprint density at radius 3 is 2.73 bits per heavy atom. The van der Waals surface area contributed by atoms with Gasteiger partial charge in [0.15, 0.2) is 0 Å². The van der Waals surface area contributed by atoms with Gasteiger partial charge in [-0.2, -0.15) is 12.7 Å². The van der Waals surface area contributed by atoms with E-state index in [-0.39, 0.29) is 0 Å². The van der Waals surface area contributed by atoms with Gasteiger partial charge in [0.05, 0.1) is 5.69 Å². The van der Waals surface area contributed by atoms with E-state index in [0.717, 1.165) is 14.8 Å². The Labute approximate surface area is 90.1 Å². The molecule has 15 heavy (non-hydrogen) atoms. The minimum Gasteiger partial charge on any atom is -0.311 e. The van der Waals surface area contributed by atoms with E-state index in [0.29, 0.717) is 12.2 Å². The van der Waals surface area contributed by atoms with Crippen molar-refractivity contribution in [2.45, 2.75) is 13.5 Å². The van der Waals surface area contributed by atoms with Gasteiger partial charge >= 0.3 is 10.2 Å². The minimum absolute atomic E-state index is 0.576. The fraction of sp³-hybridized carbons (Fsp3) is 0.625. The number of imidazole rings is 1. The average molecular weight is 232 g/mol. The van der Waals surface area contributed by atoms with Gasteiger partial charge in [-0.25, -0.2) is 8.96 Å². The van der Waals surface area contributed by atoms with Crippen LogP contribution >= 0.6 is 0 Å². The first-order chi connectivity index (χ1) is 6.98. The van der Waals surface area contributed by atoms with Crippen LogP contribution in [0.3, 0.4) is 0 Å². The second kappa shape index (κ2) is 4.73. The molecule has 0 radical (unpaired) electrons. The van der Waals surface area contributed by atoms with Crippen molar-refractivity contribution in [2.24, 2.45) is 0 Å². The molecule has 0 amide bonds. The van der Waals surface area contributed by atoms with Gasteiger partial charge in [0, 0.05) is 26.8 Å². The largest absolute Gasteiger partial charge is 0.311 e. The molecule has 1 aromatic rings. The highest BCUT2D eigenvalue weighted by atomic mass is 32.2. The first kappa shape index (κ1) is 12.2. The highest BCUT2D eigenvalue weighted by Gasteiger charge is 2.16. The zero-order valence-electron chi connectivity index (χ0n) is 9.14. The summed E-state index contributed by atoms with van der Waals surface area (Å²) in [5, 5.41) is 3.07. The third-order valence-electron chi connectivity index (χ3n) is 1.90. The monoisotopic (exact) mass is 232 g/mol. The summed E-state index contributed by atoms with van der Waals surface area (Å²) < 4.78 is 25.6. The molecule has 0 fully saturated rings. The molecule has 7 heteroatoms. The Morgan fingerprint density at radius 1 is 1.53 bits per heavy atom. The normalized spacial score (nSPS) is 12.3. The predicted molar refractivity (Wildman–Crippen MR) is 57.6 cm³/mol. The molecule has 0 bridgehead atoms. The van der Waals surface area contributed by atoms with Crippen LogP contribution < -0.4 is 5.32 Å². The maximum absolute atomic E-state index is 11.6. The number of hydrogen-bond acceptors (Lipinski definition) is 4. The van der Waals surface area contributed by atoms with Crippen molar-refractivity contribution in [2.75, 3.05) is 20.6 Å². The smallest absolute Gasteiger partial charge is 0.308 e. The van der Waals surface area contributed by atoms with Gasteiger partial charge in [-0.15, -0.1) is 0 Å². The molecule has 6 nitrogen and oxygen atoms in total. The maximum atomic E-state index is 11.6. The highest BCUT2D eigenvalue weighted by molar-refractivity contribution is 7.87. The number of hydrogen-bond donors (Lipinski definition) is 1. The van der Waals surface area contributed by atoms with Crippen LogP contribution in [-0.4, -0.2) is 42.3 Å². The van der Waals surface area contributed by atoms with Crippen LogP contribution in [0.2, 0.25) is 0 Å². The van der Waals surface area contributed by atoms with Crippen LogP contribution in [0.5, 0.6) is 0 Å². The van der Waals surface area contributed by atoms with Gasteiger partial charge in [-0.1, -0.05) is 6.92 Å². The molecule has 0 saturated carbocycles. The molecular formula is C8H16N4O2S. The Kier molecular flexibility index (Phi) is 3.83. The lowest BCUT2D eigenvalue weighted by molar-refractivity contribution is 0.510. The standard InChI is InChI=1S/C8H16N4O2S/c1-4-9-5-8-6-12(7-10-8)15(13,14)11(2)3/h6-7,9H,4-5H2,1-3H3. The summed E-state index contributed by atoms with van der Waals surface area (Å²) in [4.78, 5) is 4.00. The van der Waals surface area contributed by atoms with E-state index in [1.807, 2.05) is 6.92 Å². The summed E-state index contributed by atoms with van der Waals surface area (Å²) in [6.07, 6.45) is 2.82. The molecule has 86 valence electrons. The van der Waals surface area contributed by atoms with Gasteiger partial charge in [-0.3, -0.25) is 0 Å². The number of nitrogens with zero attached hydrogens (tertiary/aromatic N) is 3. The van der Waals surface area contributed by atoms with Gasteiger partial charge in [0.1, 0.15) is 6.33 Å². The Bertz CT molecular complexity index is 410. The van der Waals surface area contributed by atoms with Crippen molar-refractivity contribution in [3.8, 4) is 0 Å². The third kappa shape index (κ3) is 2.77. The molecule has 0 atom stereocenters. The number of rotatable bonds is 5. The van der Waals surface area contributed by atoms with Gasteiger partial charge in [0.2, 0.25) is 0 Å². The van der Waals surface area contributed by atoms with E-state index in [2.05, 4.69) is 10.3 Å². The second-order valence-corrected chi connectivity index (χ2v) is 5.31. The molecular weight excluding hydrogens is 216 g/mol. The summed E-state index contributed by atoms with van der Waals surface area (Å²) >= 11 is 0. The van der Waals surface area contributed by atoms with E-state index in [4.69, 9.17) is 0 Å². The molecule has 0 aliphatic heterocycles. The van der Waals surface area contributed by atoms with E-state index < -0.39 is 10.2 Å². The van der Waals surface area contributed by atoms with Gasteiger partial charge < -0.3 is 5.32 Å². The summed E-state index contributed by atoms with van der Waals surface area (Å²) in [6, 6.07) is 0. The molecule has 0 unspecified atom stereocenters. The SMILES string of the molecule is CCNCc1cn(S(=O)(=O)N(C)C)cn1. The molecule has 1 rings (SSSR count). The zero-order chi connectivity index (χ0) is 11.5. The van der Waals surface area contributed by atoms with Crippen LogP contribution in [0.25, 0.3) is 0 Å². The Hall–Kier alpha value is -0.920. The van der Waals surface area contributed by atoms with Crippen molar-refractivity contribution < 1.29 is 8.42 Å². The fourth-order valence-electron chi connectivity index (χ4n) is 1.00. The summed E-state index contributed by atoms with van der Waals surface area (Å²) in [5.74, 6) is 0. The second-order valence-electron chi connectivity index (χ2n) is 3.27. The molecule has 0 aromatic carbocycles. The predicted octanol–water partition coefficient (Wildman–Crippen LogP) is -0.353. The molecule has 0 aliphatic carbocycles. The first-order valence-electron chi connectivity index (χ1n) is 4.65. The van der Waals surface area contributed by atoms with Crippen molar-refractivity contribution in [3.63, 3.8) is 0 Å². The highest BCUT2D eigenvalue weighted by Crippen LogP contribution is 2.03. The molecule has 1 N–H and O–H groups in total. The molecule has 1 heterocycles. The average Bonchev–Trinajstić information content (AvgIpc) is 2.63. The van der Waals surface area contributed by atoms with Crippen molar-refractivity contribution in [1.29, 1.82) is 0 Å². The van der Waals surface area contributed by atoms with Crippen LogP contribution in [0.15, 0.2) is 12.5 Å². The van der Waals surface area contributed by atoms with Crippen LogP contribution in [0.1, 0.15) is 12.6 Å². The molecule has 1 aromatic heterocycles. The number of nitrogens with one attached hydrogen (secondary N) is 1. The lowest BCUT2D eigenvalue weighted by atomic mass is 10.5. The van der Waals surface area contributed by atoms with Crippen molar-refractivity contribution in [3.05, 3.63) is 18.2 Å². The van der Waals surface area contributed by atoms with E-state index in [9.17, 15) is 8.42 Å². The van der Waals surface area contributed by atoms with Crippen molar-refractivity contribution in [1.82, 2.24) is 18.6 Å². The summed E-state index contributed by atoms with van der Waals surface area (Å²) in [5.41, 5.74) is 0.710. The van der Waals surface area contributed by atoms with Crippen LogP contribution in [0, 0.1) is 0 Å². The zero-order valence-corrected chi connectivity index (χ0v) is 9.95. The third-order valence-corrected chi connectivity index (χ3v) is 3.55. The topological polar surface area (TPSA) is 67.2 Å². The van der Waals surface area contributed by atoms with Crippen LogP contribution in [0.4, 0.5) is 0 Å². The van der Waals surface area contributed by atoms with Gasteiger partial charge in [-0.05, 0) is 6.54 Å². The lowest BCUT2D eigenvalue weighted by Crippen LogP contribution is -2.27. The molecule has 0 saturated heterocycles. The Balaban J connectivity index is 2.85. The van der Waals surface area contributed by atoms with E-state index >= 15 is 0 Å². The molecule has 0 spiro atoms. The quantitative estimate of drug-likeness (QED) is 0.753. The maximum Gasteiger partial charge on any atom is 0.308 e. The number of aromatic nitrogens is 2. The van der Waals surface area contributed by atoms with Crippen LogP contribution in [-0.2, 0) is 16.8 Å². The van der Waals surface area contributed by atoms with E-state index in [1.54, 1.807) is 0 Å².